The number of carbonyl (C=O) groups is 1. The van der Waals surface area contributed by atoms with Crippen LogP contribution in [0.4, 0.5) is 0 Å². The maximum atomic E-state index is 12.6. The molecule has 7 nitrogen and oxygen atoms in total. The van der Waals surface area contributed by atoms with Gasteiger partial charge in [0.1, 0.15) is 17.6 Å². The Hall–Kier alpha value is -2.15. The number of ether oxygens (including phenoxy) is 1. The van der Waals surface area contributed by atoms with Crippen LogP contribution in [-0.4, -0.2) is 40.8 Å². The molecule has 1 atom stereocenters. The summed E-state index contributed by atoms with van der Waals surface area (Å²) in [5.41, 5.74) is 0. The van der Waals surface area contributed by atoms with Crippen molar-refractivity contribution in [3.8, 4) is 0 Å². The van der Waals surface area contributed by atoms with Crippen LogP contribution in [0.15, 0.2) is 21.0 Å². The highest BCUT2D eigenvalue weighted by Crippen LogP contribution is 2.26. The van der Waals surface area contributed by atoms with Gasteiger partial charge < -0.3 is 18.5 Å². The normalized spacial score (nSPS) is 18.3. The second-order valence-electron chi connectivity index (χ2n) is 6.32. The van der Waals surface area contributed by atoms with Crippen molar-refractivity contribution in [2.45, 2.75) is 45.6 Å². The van der Waals surface area contributed by atoms with E-state index in [1.54, 1.807) is 4.90 Å². The van der Waals surface area contributed by atoms with Crippen LogP contribution >= 0.6 is 0 Å². The Bertz CT molecular complexity index is 692. The van der Waals surface area contributed by atoms with E-state index < -0.39 is 0 Å². The summed E-state index contributed by atoms with van der Waals surface area (Å²) in [6, 6.07) is 3.50. The largest absolute Gasteiger partial charge is 0.466 e. The van der Waals surface area contributed by atoms with Crippen molar-refractivity contribution in [3.05, 3.63) is 35.4 Å². The number of carbonyl (C=O) groups excluding carboxylic acids is 1. The second-order valence-corrected chi connectivity index (χ2v) is 6.32. The van der Waals surface area contributed by atoms with E-state index >= 15 is 0 Å². The number of amides is 1. The zero-order valence-electron chi connectivity index (χ0n) is 14.3. The molecule has 0 spiro atoms. The molecule has 7 heteroatoms. The number of hydrogen-bond acceptors (Lipinski definition) is 6. The van der Waals surface area contributed by atoms with Crippen LogP contribution in [0.5, 0.6) is 0 Å². The first-order chi connectivity index (χ1) is 11.5. The number of nitrogens with zero attached hydrogens (tertiary/aromatic N) is 3. The molecule has 24 heavy (non-hydrogen) atoms. The van der Waals surface area contributed by atoms with Crippen molar-refractivity contribution in [2.24, 2.45) is 0 Å². The van der Waals surface area contributed by atoms with Gasteiger partial charge in [0.2, 0.25) is 17.7 Å². The summed E-state index contributed by atoms with van der Waals surface area (Å²) < 4.78 is 16.8. The quantitative estimate of drug-likeness (QED) is 0.836. The number of hydrogen-bond donors (Lipinski definition) is 0. The summed E-state index contributed by atoms with van der Waals surface area (Å²) >= 11 is 0. The molecule has 3 rings (SSSR count). The molecule has 0 aliphatic carbocycles. The molecule has 2 aromatic rings. The lowest BCUT2D eigenvalue weighted by Crippen LogP contribution is -2.43. The summed E-state index contributed by atoms with van der Waals surface area (Å²) in [5, 5.41) is 8.16. The standard InChI is InChI=1S/C17H23N3O4/c1-11(2)16-18-19-17(24-16)14-10-22-9-8-20(14)15(21)7-6-13-5-4-12(3)23-13/h4-5,11,14H,6-10H2,1-3H3/t14-/m1/s1. The van der Waals surface area contributed by atoms with E-state index in [2.05, 4.69) is 10.2 Å². The molecule has 1 amide bonds. The van der Waals surface area contributed by atoms with Crippen molar-refractivity contribution >= 4 is 5.91 Å². The molecule has 3 heterocycles. The third kappa shape index (κ3) is 3.67. The fourth-order valence-corrected chi connectivity index (χ4v) is 2.71. The lowest BCUT2D eigenvalue weighted by molar-refractivity contribution is -0.141. The van der Waals surface area contributed by atoms with Crippen LogP contribution in [0.1, 0.15) is 55.5 Å². The van der Waals surface area contributed by atoms with Crippen LogP contribution < -0.4 is 0 Å². The van der Waals surface area contributed by atoms with E-state index in [1.807, 2.05) is 32.9 Å². The summed E-state index contributed by atoms with van der Waals surface area (Å²) in [6.45, 7) is 7.30. The number of furan rings is 1. The average Bonchev–Trinajstić information content (AvgIpc) is 3.22. The molecule has 0 radical (unpaired) electrons. The highest BCUT2D eigenvalue weighted by atomic mass is 16.5. The van der Waals surface area contributed by atoms with Crippen molar-refractivity contribution in [3.63, 3.8) is 0 Å². The van der Waals surface area contributed by atoms with Gasteiger partial charge in [0.25, 0.3) is 0 Å². The summed E-state index contributed by atoms with van der Waals surface area (Å²) in [7, 11) is 0. The first-order valence-corrected chi connectivity index (χ1v) is 8.30. The zero-order valence-corrected chi connectivity index (χ0v) is 14.3. The van der Waals surface area contributed by atoms with Gasteiger partial charge in [0.05, 0.1) is 13.2 Å². The minimum atomic E-state index is -0.315. The fourth-order valence-electron chi connectivity index (χ4n) is 2.71. The topological polar surface area (TPSA) is 81.6 Å². The minimum Gasteiger partial charge on any atom is -0.466 e. The molecule has 0 bridgehead atoms. The van der Waals surface area contributed by atoms with E-state index in [9.17, 15) is 4.79 Å². The van der Waals surface area contributed by atoms with Crippen molar-refractivity contribution < 1.29 is 18.4 Å². The van der Waals surface area contributed by atoms with Gasteiger partial charge in [0, 0.05) is 25.3 Å². The van der Waals surface area contributed by atoms with Crippen LogP contribution in [0, 0.1) is 6.92 Å². The summed E-state index contributed by atoms with van der Waals surface area (Å²) in [6.07, 6.45) is 0.965. The second kappa shape index (κ2) is 7.17. The zero-order chi connectivity index (χ0) is 17.1. The highest BCUT2D eigenvalue weighted by Gasteiger charge is 2.32. The molecule has 1 fully saturated rings. The van der Waals surface area contributed by atoms with Crippen LogP contribution in [0.25, 0.3) is 0 Å². The maximum absolute atomic E-state index is 12.6. The van der Waals surface area contributed by atoms with Gasteiger partial charge in [-0.05, 0) is 19.1 Å². The van der Waals surface area contributed by atoms with E-state index in [-0.39, 0.29) is 17.9 Å². The third-order valence-electron chi connectivity index (χ3n) is 4.07. The number of morpholine rings is 1. The van der Waals surface area contributed by atoms with Crippen molar-refractivity contribution in [2.75, 3.05) is 19.8 Å². The maximum Gasteiger partial charge on any atom is 0.241 e. The molecule has 1 aliphatic heterocycles. The smallest absolute Gasteiger partial charge is 0.241 e. The van der Waals surface area contributed by atoms with Gasteiger partial charge in [-0.25, -0.2) is 0 Å². The van der Waals surface area contributed by atoms with Crippen LogP contribution in [0.3, 0.4) is 0 Å². The van der Waals surface area contributed by atoms with Gasteiger partial charge in [-0.1, -0.05) is 13.8 Å². The van der Waals surface area contributed by atoms with Gasteiger partial charge in [0.15, 0.2) is 0 Å². The van der Waals surface area contributed by atoms with Gasteiger partial charge in [-0.15, -0.1) is 10.2 Å². The summed E-state index contributed by atoms with van der Waals surface area (Å²) in [5.74, 6) is 2.90. The molecular formula is C17H23N3O4. The average molecular weight is 333 g/mol. The first-order valence-electron chi connectivity index (χ1n) is 8.30. The first kappa shape index (κ1) is 16.7. The molecule has 0 saturated carbocycles. The Morgan fingerprint density at radius 2 is 2.17 bits per heavy atom. The molecule has 2 aromatic heterocycles. The number of aryl methyl sites for hydroxylation is 2. The summed E-state index contributed by atoms with van der Waals surface area (Å²) in [4.78, 5) is 14.4. The Morgan fingerprint density at radius 1 is 1.33 bits per heavy atom. The van der Waals surface area contributed by atoms with Crippen molar-refractivity contribution in [1.29, 1.82) is 0 Å². The van der Waals surface area contributed by atoms with Gasteiger partial charge >= 0.3 is 0 Å². The third-order valence-corrected chi connectivity index (χ3v) is 4.07. The van der Waals surface area contributed by atoms with E-state index in [0.29, 0.717) is 44.4 Å². The molecule has 0 unspecified atom stereocenters. The Balaban J connectivity index is 1.67. The Kier molecular flexibility index (Phi) is 4.99. The predicted octanol–water partition coefficient (Wildman–Crippen LogP) is 2.63. The monoisotopic (exact) mass is 333 g/mol. The molecule has 1 aliphatic rings. The molecular weight excluding hydrogens is 310 g/mol. The predicted molar refractivity (Wildman–Crippen MR) is 85.4 cm³/mol. The lowest BCUT2D eigenvalue weighted by atomic mass is 10.1. The SMILES string of the molecule is Cc1ccc(CCC(=O)N2CCOC[C@@H]2c2nnc(C(C)C)o2)o1. The van der Waals surface area contributed by atoms with E-state index in [1.165, 1.54) is 0 Å². The molecule has 1 saturated heterocycles. The van der Waals surface area contributed by atoms with Gasteiger partial charge in [-0.2, -0.15) is 0 Å². The molecule has 130 valence electrons. The molecule has 0 N–H and O–H groups in total. The highest BCUT2D eigenvalue weighted by molar-refractivity contribution is 5.77. The molecule has 0 aromatic carbocycles. The Morgan fingerprint density at radius 3 is 2.83 bits per heavy atom. The number of aromatic nitrogens is 2. The number of rotatable bonds is 5. The lowest BCUT2D eigenvalue weighted by Gasteiger charge is -2.33. The van der Waals surface area contributed by atoms with Crippen LogP contribution in [0.2, 0.25) is 0 Å². The van der Waals surface area contributed by atoms with Crippen molar-refractivity contribution in [1.82, 2.24) is 15.1 Å². The Labute approximate surface area is 141 Å². The van der Waals surface area contributed by atoms with E-state index in [0.717, 1.165) is 11.5 Å². The van der Waals surface area contributed by atoms with Gasteiger partial charge in [-0.3, -0.25) is 4.79 Å². The van der Waals surface area contributed by atoms with E-state index in [4.69, 9.17) is 13.6 Å². The minimum absolute atomic E-state index is 0.0432. The van der Waals surface area contributed by atoms with Crippen LogP contribution in [-0.2, 0) is 16.0 Å². The fraction of sp³-hybridized carbons (Fsp3) is 0.588.